The van der Waals surface area contributed by atoms with Gasteiger partial charge in [0.05, 0.1) is 41.7 Å². The topological polar surface area (TPSA) is 193 Å². The molecule has 3 saturated heterocycles. The summed E-state index contributed by atoms with van der Waals surface area (Å²) in [5.74, 6) is 0.246. The molecule has 0 spiro atoms. The van der Waals surface area contributed by atoms with Gasteiger partial charge in [0.25, 0.3) is 17.4 Å². The molecule has 3 aromatic heterocycles. The van der Waals surface area contributed by atoms with Crippen LogP contribution in [0.4, 0.5) is 17.5 Å². The number of likely N-dealkylation sites (N-methyl/N-ethyl adjacent to an activating group) is 1. The molecule has 1 aromatic carbocycles. The molecule has 4 aliphatic heterocycles. The number of fused-ring (bicyclic) bond motifs is 2. The average Bonchev–Trinajstić information content (AvgIpc) is 3.59. The summed E-state index contributed by atoms with van der Waals surface area (Å²) >= 11 is 6.60. The van der Waals surface area contributed by atoms with Crippen LogP contribution in [0.25, 0.3) is 10.9 Å². The van der Waals surface area contributed by atoms with E-state index >= 15 is 0 Å². The maximum absolute atomic E-state index is 13.2. The molecule has 17 nitrogen and oxygen atoms in total. The third kappa shape index (κ3) is 8.82. The van der Waals surface area contributed by atoms with E-state index in [1.807, 2.05) is 44.2 Å². The predicted molar refractivity (Wildman–Crippen MR) is 235 cm³/mol. The highest BCUT2D eigenvalue weighted by Crippen LogP contribution is 2.37. The van der Waals surface area contributed by atoms with Crippen LogP contribution in [-0.4, -0.2) is 117 Å². The molecule has 0 radical (unpaired) electrons. The van der Waals surface area contributed by atoms with Crippen molar-refractivity contribution in [3.63, 3.8) is 0 Å². The SMILES string of the molecule is CNC(=O)COc1cc2cc(Nc3nc(N4CCC(OC5CC(N6CCC(c7ccc8c(n7)CN([C@@H]7CCC(=O)NC7=O)C8=O)CC6)C5)CC4)ncc3Cl)ccc2n(C(C)C)c1=O. The lowest BCUT2D eigenvalue weighted by molar-refractivity contribution is -0.137. The summed E-state index contributed by atoms with van der Waals surface area (Å²) in [5, 5.41) is 9.33. The van der Waals surface area contributed by atoms with Crippen LogP contribution in [0.5, 0.6) is 5.75 Å². The van der Waals surface area contributed by atoms with E-state index in [4.69, 9.17) is 31.0 Å². The average molecular weight is 881 g/mol. The van der Waals surface area contributed by atoms with Crippen molar-refractivity contribution in [1.29, 1.82) is 0 Å². The molecule has 18 heteroatoms. The van der Waals surface area contributed by atoms with E-state index in [-0.39, 0.29) is 60.3 Å². The van der Waals surface area contributed by atoms with Crippen molar-refractivity contribution in [1.82, 2.24) is 40.0 Å². The quantitative estimate of drug-likeness (QED) is 0.169. The fourth-order valence-electron chi connectivity index (χ4n) is 9.62. The minimum absolute atomic E-state index is 0.0936. The number of amides is 4. The van der Waals surface area contributed by atoms with Crippen LogP contribution < -0.4 is 31.1 Å². The zero-order valence-electron chi connectivity index (χ0n) is 35.8. The zero-order valence-corrected chi connectivity index (χ0v) is 36.5. The van der Waals surface area contributed by atoms with Gasteiger partial charge in [-0.3, -0.25) is 34.3 Å². The van der Waals surface area contributed by atoms with E-state index in [2.05, 4.69) is 30.7 Å². The number of benzene rings is 1. The van der Waals surface area contributed by atoms with Crippen LogP contribution >= 0.6 is 11.6 Å². The number of pyridine rings is 2. The van der Waals surface area contributed by atoms with Gasteiger partial charge in [-0.05, 0) is 108 Å². The van der Waals surface area contributed by atoms with Crippen molar-refractivity contribution in [3.8, 4) is 5.75 Å². The molecule has 3 N–H and O–H groups in total. The van der Waals surface area contributed by atoms with E-state index < -0.39 is 11.9 Å². The first-order valence-corrected chi connectivity index (χ1v) is 22.4. The van der Waals surface area contributed by atoms with Gasteiger partial charge in [-0.2, -0.15) is 4.98 Å². The number of rotatable bonds is 12. The number of imide groups is 1. The number of hydrogen-bond donors (Lipinski definition) is 3. The van der Waals surface area contributed by atoms with E-state index in [0.717, 1.165) is 87.0 Å². The lowest BCUT2D eigenvalue weighted by Gasteiger charge is -2.47. The van der Waals surface area contributed by atoms with Crippen molar-refractivity contribution in [2.45, 2.75) is 108 Å². The van der Waals surface area contributed by atoms with Gasteiger partial charge in [0.1, 0.15) is 11.1 Å². The Bertz CT molecular complexity index is 2490. The number of hydrogen-bond acceptors (Lipinski definition) is 13. The Kier molecular flexibility index (Phi) is 12.1. The highest BCUT2D eigenvalue weighted by molar-refractivity contribution is 6.33. The van der Waals surface area contributed by atoms with Crippen LogP contribution in [0.2, 0.25) is 5.02 Å². The van der Waals surface area contributed by atoms with Crippen molar-refractivity contribution in [2.75, 3.05) is 50.1 Å². The van der Waals surface area contributed by atoms with Crippen LogP contribution in [0, 0.1) is 0 Å². The minimum Gasteiger partial charge on any atom is -0.478 e. The van der Waals surface area contributed by atoms with Crippen molar-refractivity contribution in [2.24, 2.45) is 0 Å². The van der Waals surface area contributed by atoms with E-state index in [9.17, 15) is 24.0 Å². The maximum Gasteiger partial charge on any atom is 0.293 e. The van der Waals surface area contributed by atoms with Gasteiger partial charge >= 0.3 is 0 Å². The van der Waals surface area contributed by atoms with Gasteiger partial charge < -0.3 is 39.4 Å². The number of ether oxygens (including phenoxy) is 2. The Morgan fingerprint density at radius 1 is 0.952 bits per heavy atom. The molecule has 4 aromatic rings. The zero-order chi connectivity index (χ0) is 43.9. The summed E-state index contributed by atoms with van der Waals surface area (Å²) in [4.78, 5) is 82.9. The molecular formula is C45H53ClN10O7. The highest BCUT2D eigenvalue weighted by atomic mass is 35.5. The molecule has 4 fully saturated rings. The van der Waals surface area contributed by atoms with Crippen molar-refractivity contribution >= 4 is 63.6 Å². The van der Waals surface area contributed by atoms with Crippen LogP contribution in [0.3, 0.4) is 0 Å². The molecule has 1 atom stereocenters. The molecular weight excluding hydrogens is 828 g/mol. The Morgan fingerprint density at radius 3 is 2.46 bits per heavy atom. The molecule has 7 heterocycles. The standard InChI is InChI=1S/C45H53ClN10O7/c1-25(2)56-36-7-4-28(18-27(36)19-38(44(56)61)62-24-40(58)47-3)49-41-33(46)22-48-45(52-41)54-16-12-30(13-17-54)63-31-20-29(21-31)53-14-10-26(11-15-53)34-6-5-32-35(50-34)23-55(43(32)60)37-8-9-39(57)51-42(37)59/h4-7,18-19,22,25-26,29-31,37H,8-17,20-21,23-24H2,1-3H3,(H,47,58)(H,48,49,52)(H,51,57,59)/t29?,31?,37-/m1/s1. The normalized spacial score (nSPS) is 22.3. The molecule has 1 saturated carbocycles. The lowest BCUT2D eigenvalue weighted by Crippen LogP contribution is -2.52. The van der Waals surface area contributed by atoms with E-state index in [0.29, 0.717) is 53.0 Å². The van der Waals surface area contributed by atoms with E-state index in [1.54, 1.807) is 21.7 Å². The molecule has 0 bridgehead atoms. The first-order chi connectivity index (χ1) is 30.4. The summed E-state index contributed by atoms with van der Waals surface area (Å²) in [7, 11) is 1.51. The van der Waals surface area contributed by atoms with Crippen LogP contribution in [0.15, 0.2) is 47.4 Å². The molecule has 0 unspecified atom stereocenters. The maximum atomic E-state index is 13.2. The van der Waals surface area contributed by atoms with Crippen LogP contribution in [-0.2, 0) is 25.7 Å². The number of carbonyl (C=O) groups is 4. The second-order valence-electron chi connectivity index (χ2n) is 17.5. The van der Waals surface area contributed by atoms with Gasteiger partial charge in [-0.1, -0.05) is 11.6 Å². The van der Waals surface area contributed by atoms with Gasteiger partial charge in [-0.15, -0.1) is 0 Å². The number of aromatic nitrogens is 4. The smallest absolute Gasteiger partial charge is 0.293 e. The molecule has 4 amide bonds. The summed E-state index contributed by atoms with van der Waals surface area (Å²) in [6, 6.07) is 10.9. The number of carbonyl (C=O) groups excluding carboxylic acids is 4. The summed E-state index contributed by atoms with van der Waals surface area (Å²) in [6.45, 7) is 7.39. The first-order valence-electron chi connectivity index (χ1n) is 22.0. The summed E-state index contributed by atoms with van der Waals surface area (Å²) < 4.78 is 13.9. The van der Waals surface area contributed by atoms with Gasteiger partial charge in [-0.25, -0.2) is 4.98 Å². The largest absolute Gasteiger partial charge is 0.478 e. The Balaban J connectivity index is 0.739. The number of halogens is 1. The van der Waals surface area contributed by atoms with Gasteiger partial charge in [0, 0.05) is 61.3 Å². The number of likely N-dealkylation sites (tertiary alicyclic amines) is 1. The van der Waals surface area contributed by atoms with Crippen LogP contribution in [0.1, 0.15) is 98.9 Å². The second-order valence-corrected chi connectivity index (χ2v) is 17.9. The Labute approximate surface area is 369 Å². The monoisotopic (exact) mass is 880 g/mol. The van der Waals surface area contributed by atoms with Gasteiger partial charge in [0.2, 0.25) is 17.8 Å². The molecule has 5 aliphatic rings. The summed E-state index contributed by atoms with van der Waals surface area (Å²) in [6.07, 6.45) is 8.43. The molecule has 1 aliphatic carbocycles. The van der Waals surface area contributed by atoms with Gasteiger partial charge in [0.15, 0.2) is 18.2 Å². The molecule has 332 valence electrons. The lowest BCUT2D eigenvalue weighted by atomic mass is 9.84. The second kappa shape index (κ2) is 17.8. The minimum atomic E-state index is -0.637. The number of piperidine rings is 3. The molecule has 63 heavy (non-hydrogen) atoms. The highest BCUT2D eigenvalue weighted by Gasteiger charge is 2.41. The third-order valence-corrected chi connectivity index (χ3v) is 13.5. The first kappa shape index (κ1) is 42.6. The third-order valence-electron chi connectivity index (χ3n) is 13.2. The Morgan fingerprint density at radius 2 is 1.73 bits per heavy atom. The fraction of sp³-hybridized carbons (Fsp3) is 0.511. The fourth-order valence-corrected chi connectivity index (χ4v) is 9.75. The number of anilines is 3. The number of nitrogens with zero attached hydrogens (tertiary/aromatic N) is 7. The van der Waals surface area contributed by atoms with Crippen molar-refractivity contribution in [3.05, 3.63) is 74.9 Å². The van der Waals surface area contributed by atoms with E-state index in [1.165, 1.54) is 7.05 Å². The molecule has 9 rings (SSSR count). The number of nitrogens with one attached hydrogen (secondary N) is 3. The summed E-state index contributed by atoms with van der Waals surface area (Å²) in [5.41, 5.74) is 3.43. The Hall–Kier alpha value is -5.65. The predicted octanol–water partition coefficient (Wildman–Crippen LogP) is 4.45. The van der Waals surface area contributed by atoms with Crippen molar-refractivity contribution < 1.29 is 28.7 Å².